The van der Waals surface area contributed by atoms with Crippen molar-refractivity contribution in [2.75, 3.05) is 32.8 Å². The SMILES string of the molecule is O=S(=O)(c1cccc(Cl)c1)N(CCCN1CCc2ccccc2C1)C1CCOCC1. The lowest BCUT2D eigenvalue weighted by atomic mass is 10.00. The van der Waals surface area contributed by atoms with Gasteiger partial charge < -0.3 is 4.74 Å². The average Bonchev–Trinajstić information content (AvgIpc) is 2.77. The van der Waals surface area contributed by atoms with Gasteiger partial charge in [-0.1, -0.05) is 41.9 Å². The van der Waals surface area contributed by atoms with E-state index < -0.39 is 10.0 Å². The van der Waals surface area contributed by atoms with Crippen LogP contribution in [0, 0.1) is 0 Å². The first-order valence-corrected chi connectivity index (χ1v) is 12.5. The molecule has 0 spiro atoms. The fourth-order valence-corrected chi connectivity index (χ4v) is 6.46. The number of nitrogens with zero attached hydrogens (tertiary/aromatic N) is 2. The Balaban J connectivity index is 1.44. The molecule has 1 fully saturated rings. The van der Waals surface area contributed by atoms with Gasteiger partial charge in [0.05, 0.1) is 4.90 Å². The second kappa shape index (κ2) is 9.79. The molecular weight excluding hydrogens is 420 g/mol. The van der Waals surface area contributed by atoms with Gasteiger partial charge in [-0.25, -0.2) is 8.42 Å². The molecule has 0 unspecified atom stereocenters. The smallest absolute Gasteiger partial charge is 0.243 e. The van der Waals surface area contributed by atoms with Gasteiger partial charge in [0, 0.05) is 43.9 Å². The molecule has 0 aliphatic carbocycles. The molecule has 2 aromatic rings. The highest BCUT2D eigenvalue weighted by Crippen LogP contribution is 2.26. The molecule has 0 amide bonds. The van der Waals surface area contributed by atoms with Crippen molar-refractivity contribution in [3.63, 3.8) is 0 Å². The van der Waals surface area contributed by atoms with Crippen LogP contribution in [-0.4, -0.2) is 56.5 Å². The molecule has 0 bridgehead atoms. The molecule has 2 heterocycles. The summed E-state index contributed by atoms with van der Waals surface area (Å²) < 4.78 is 34.0. The summed E-state index contributed by atoms with van der Waals surface area (Å²) in [5, 5.41) is 0.440. The molecule has 0 aromatic heterocycles. The first-order valence-electron chi connectivity index (χ1n) is 10.7. The maximum atomic E-state index is 13.4. The normalized spacial score (nSPS) is 18.5. The van der Waals surface area contributed by atoms with Crippen LogP contribution < -0.4 is 0 Å². The molecule has 4 rings (SSSR count). The summed E-state index contributed by atoms with van der Waals surface area (Å²) >= 11 is 6.08. The van der Waals surface area contributed by atoms with E-state index in [4.69, 9.17) is 16.3 Å². The molecule has 30 heavy (non-hydrogen) atoms. The first kappa shape index (κ1) is 21.8. The zero-order valence-electron chi connectivity index (χ0n) is 17.2. The fraction of sp³-hybridized carbons (Fsp3) is 0.478. The highest BCUT2D eigenvalue weighted by Gasteiger charge is 2.32. The van der Waals surface area contributed by atoms with Gasteiger partial charge in [-0.2, -0.15) is 4.31 Å². The first-order chi connectivity index (χ1) is 14.5. The topological polar surface area (TPSA) is 49.9 Å². The monoisotopic (exact) mass is 448 g/mol. The number of ether oxygens (including phenoxy) is 1. The number of rotatable bonds is 7. The average molecular weight is 449 g/mol. The van der Waals surface area contributed by atoms with Gasteiger partial charge in [0.15, 0.2) is 0 Å². The van der Waals surface area contributed by atoms with E-state index in [9.17, 15) is 8.42 Å². The molecule has 0 N–H and O–H groups in total. The van der Waals surface area contributed by atoms with Crippen molar-refractivity contribution in [1.29, 1.82) is 0 Å². The van der Waals surface area contributed by atoms with E-state index in [0.717, 1.165) is 45.3 Å². The number of sulfonamides is 1. The van der Waals surface area contributed by atoms with Crippen LogP contribution >= 0.6 is 11.6 Å². The molecule has 0 saturated carbocycles. The van der Waals surface area contributed by atoms with Gasteiger partial charge in [0.2, 0.25) is 10.0 Å². The van der Waals surface area contributed by atoms with Crippen LogP contribution in [0.2, 0.25) is 5.02 Å². The van der Waals surface area contributed by atoms with Crippen molar-refractivity contribution in [2.45, 2.75) is 43.2 Å². The highest BCUT2D eigenvalue weighted by atomic mass is 35.5. The van der Waals surface area contributed by atoms with Gasteiger partial charge >= 0.3 is 0 Å². The van der Waals surface area contributed by atoms with Crippen LogP contribution in [0.25, 0.3) is 0 Å². The van der Waals surface area contributed by atoms with E-state index in [0.29, 0.717) is 24.8 Å². The minimum Gasteiger partial charge on any atom is -0.381 e. The maximum absolute atomic E-state index is 13.4. The Labute approximate surface area is 184 Å². The standard InChI is InChI=1S/C23H29ClN2O3S/c24-21-7-3-8-23(17-21)30(27,28)26(22-10-15-29-16-11-22)13-4-12-25-14-9-19-5-1-2-6-20(19)18-25/h1-3,5-8,17,22H,4,9-16,18H2. The number of hydrogen-bond acceptors (Lipinski definition) is 4. The summed E-state index contributed by atoms with van der Waals surface area (Å²) in [6.45, 7) is 4.57. The van der Waals surface area contributed by atoms with Crippen LogP contribution in [0.15, 0.2) is 53.4 Å². The van der Waals surface area contributed by atoms with Crippen molar-refractivity contribution in [3.05, 3.63) is 64.7 Å². The lowest BCUT2D eigenvalue weighted by molar-refractivity contribution is 0.0575. The Morgan fingerprint density at radius 1 is 1.07 bits per heavy atom. The van der Waals surface area contributed by atoms with E-state index in [2.05, 4.69) is 29.2 Å². The molecule has 5 nitrogen and oxygen atoms in total. The number of halogens is 1. The third-order valence-electron chi connectivity index (χ3n) is 6.06. The van der Waals surface area contributed by atoms with Gasteiger partial charge in [-0.15, -0.1) is 0 Å². The third-order valence-corrected chi connectivity index (χ3v) is 8.25. The zero-order chi connectivity index (χ0) is 21.0. The van der Waals surface area contributed by atoms with Crippen molar-refractivity contribution >= 4 is 21.6 Å². The van der Waals surface area contributed by atoms with Crippen LogP contribution in [-0.2, 0) is 27.7 Å². The minimum absolute atomic E-state index is 0.0233. The van der Waals surface area contributed by atoms with Gasteiger partial charge in [-0.3, -0.25) is 4.90 Å². The van der Waals surface area contributed by atoms with Gasteiger partial charge in [0.25, 0.3) is 0 Å². The molecular formula is C23H29ClN2O3S. The Morgan fingerprint density at radius 2 is 1.83 bits per heavy atom. The van der Waals surface area contributed by atoms with E-state index >= 15 is 0 Å². The number of hydrogen-bond donors (Lipinski definition) is 0. The summed E-state index contributed by atoms with van der Waals surface area (Å²) in [5.74, 6) is 0. The van der Waals surface area contributed by atoms with Crippen molar-refractivity contribution in [3.8, 4) is 0 Å². The Hall–Kier alpha value is -1.44. The second-order valence-electron chi connectivity index (χ2n) is 8.07. The molecule has 2 aliphatic rings. The zero-order valence-corrected chi connectivity index (χ0v) is 18.7. The Kier molecular flexibility index (Phi) is 7.11. The van der Waals surface area contributed by atoms with Crippen molar-refractivity contribution < 1.29 is 13.2 Å². The summed E-state index contributed by atoms with van der Waals surface area (Å²) in [6, 6.07) is 15.1. The van der Waals surface area contributed by atoms with E-state index in [1.807, 2.05) is 0 Å². The predicted octanol–water partition coefficient (Wildman–Crippen LogP) is 3.96. The van der Waals surface area contributed by atoms with Crippen LogP contribution in [0.4, 0.5) is 0 Å². The third kappa shape index (κ3) is 5.06. The predicted molar refractivity (Wildman–Crippen MR) is 119 cm³/mol. The summed E-state index contributed by atoms with van der Waals surface area (Å²) in [4.78, 5) is 2.70. The lowest BCUT2D eigenvalue weighted by Crippen LogP contribution is -2.44. The molecule has 0 radical (unpaired) electrons. The molecule has 1 saturated heterocycles. The van der Waals surface area contributed by atoms with E-state index in [1.54, 1.807) is 28.6 Å². The quantitative estimate of drug-likeness (QED) is 0.643. The molecule has 2 aliphatic heterocycles. The summed E-state index contributed by atoms with van der Waals surface area (Å²) in [7, 11) is -3.60. The Bertz CT molecular complexity index is 960. The second-order valence-corrected chi connectivity index (χ2v) is 10.4. The lowest BCUT2D eigenvalue weighted by Gasteiger charge is -2.34. The van der Waals surface area contributed by atoms with Crippen LogP contribution in [0.5, 0.6) is 0 Å². The van der Waals surface area contributed by atoms with Gasteiger partial charge in [0.1, 0.15) is 0 Å². The number of benzene rings is 2. The Morgan fingerprint density at radius 3 is 2.60 bits per heavy atom. The minimum atomic E-state index is -3.60. The summed E-state index contributed by atoms with van der Waals surface area (Å²) in [6.07, 6.45) is 3.33. The molecule has 2 aromatic carbocycles. The van der Waals surface area contributed by atoms with Crippen molar-refractivity contribution in [1.82, 2.24) is 9.21 Å². The molecule has 0 atom stereocenters. The van der Waals surface area contributed by atoms with E-state index in [-0.39, 0.29) is 10.9 Å². The number of fused-ring (bicyclic) bond motifs is 1. The maximum Gasteiger partial charge on any atom is 0.243 e. The largest absolute Gasteiger partial charge is 0.381 e. The highest BCUT2D eigenvalue weighted by molar-refractivity contribution is 7.89. The van der Waals surface area contributed by atoms with Gasteiger partial charge in [-0.05, 0) is 61.6 Å². The molecule has 7 heteroatoms. The van der Waals surface area contributed by atoms with Crippen molar-refractivity contribution in [2.24, 2.45) is 0 Å². The summed E-state index contributed by atoms with van der Waals surface area (Å²) in [5.41, 5.74) is 2.82. The molecule has 162 valence electrons. The van der Waals surface area contributed by atoms with E-state index in [1.165, 1.54) is 11.1 Å². The van der Waals surface area contributed by atoms with Crippen LogP contribution in [0.1, 0.15) is 30.4 Å². The fourth-order valence-electron chi connectivity index (χ4n) is 4.43. The van der Waals surface area contributed by atoms with Crippen LogP contribution in [0.3, 0.4) is 0 Å².